The van der Waals surface area contributed by atoms with Gasteiger partial charge in [-0.25, -0.2) is 8.42 Å². The molecule has 2 rings (SSSR count). The number of carbonyl (C=O) groups is 1. The summed E-state index contributed by atoms with van der Waals surface area (Å²) in [5.41, 5.74) is 1.54. The van der Waals surface area contributed by atoms with Crippen LogP contribution in [0.1, 0.15) is 0 Å². The van der Waals surface area contributed by atoms with Crippen molar-refractivity contribution in [2.75, 3.05) is 44.3 Å². The SMILES string of the molecule is CS(=O)(=O)N1CCN(CC(=O)Nc2nncs2)CC1. The lowest BCUT2D eigenvalue weighted by Gasteiger charge is -2.32. The highest BCUT2D eigenvalue weighted by Crippen LogP contribution is 2.09. The lowest BCUT2D eigenvalue weighted by molar-refractivity contribution is -0.117. The smallest absolute Gasteiger partial charge is 0.240 e. The fourth-order valence-corrected chi connectivity index (χ4v) is 3.10. The Bertz CT molecular complexity index is 522. The number of hydrogen-bond acceptors (Lipinski definition) is 7. The van der Waals surface area contributed by atoms with E-state index in [1.165, 1.54) is 21.9 Å². The van der Waals surface area contributed by atoms with E-state index in [1.54, 1.807) is 5.51 Å². The second kappa shape index (κ2) is 5.90. The number of aromatic nitrogens is 2. The van der Waals surface area contributed by atoms with Crippen LogP contribution in [0.3, 0.4) is 0 Å². The average Bonchev–Trinajstić information content (AvgIpc) is 2.81. The number of nitrogens with one attached hydrogen (secondary N) is 1. The molecule has 10 heteroatoms. The molecule has 106 valence electrons. The molecule has 0 aliphatic carbocycles. The molecule has 0 bridgehead atoms. The molecule has 2 heterocycles. The quantitative estimate of drug-likeness (QED) is 0.771. The summed E-state index contributed by atoms with van der Waals surface area (Å²) >= 11 is 1.26. The first-order valence-electron chi connectivity index (χ1n) is 5.68. The second-order valence-electron chi connectivity index (χ2n) is 4.23. The molecule has 0 aromatic carbocycles. The van der Waals surface area contributed by atoms with E-state index in [0.29, 0.717) is 31.3 Å². The van der Waals surface area contributed by atoms with Crippen molar-refractivity contribution in [1.82, 2.24) is 19.4 Å². The molecule has 1 saturated heterocycles. The Balaban J connectivity index is 1.78. The zero-order valence-electron chi connectivity index (χ0n) is 10.4. The van der Waals surface area contributed by atoms with Gasteiger partial charge in [0.25, 0.3) is 0 Å². The highest BCUT2D eigenvalue weighted by atomic mass is 32.2. The van der Waals surface area contributed by atoms with Gasteiger partial charge in [-0.3, -0.25) is 15.0 Å². The maximum Gasteiger partial charge on any atom is 0.240 e. The molecule has 1 aliphatic rings. The van der Waals surface area contributed by atoms with Crippen molar-refractivity contribution < 1.29 is 13.2 Å². The molecule has 1 aromatic rings. The Labute approximate surface area is 115 Å². The number of anilines is 1. The molecule has 0 spiro atoms. The summed E-state index contributed by atoms with van der Waals surface area (Å²) in [5, 5.41) is 10.5. The minimum Gasteiger partial charge on any atom is -0.299 e. The molecule has 1 fully saturated rings. The number of nitrogens with zero attached hydrogens (tertiary/aromatic N) is 4. The van der Waals surface area contributed by atoms with Crippen LogP contribution >= 0.6 is 11.3 Å². The predicted molar refractivity (Wildman–Crippen MR) is 71.4 cm³/mol. The number of sulfonamides is 1. The Kier molecular flexibility index (Phi) is 4.45. The van der Waals surface area contributed by atoms with Gasteiger partial charge in [0.15, 0.2) is 0 Å². The zero-order valence-corrected chi connectivity index (χ0v) is 12.1. The lowest BCUT2D eigenvalue weighted by atomic mass is 10.3. The van der Waals surface area contributed by atoms with Gasteiger partial charge in [-0.15, -0.1) is 10.2 Å². The minimum absolute atomic E-state index is 0.162. The zero-order chi connectivity index (χ0) is 13.9. The molecule has 1 aromatic heterocycles. The summed E-state index contributed by atoms with van der Waals surface area (Å²) in [6.45, 7) is 2.18. The van der Waals surface area contributed by atoms with E-state index in [-0.39, 0.29) is 12.5 Å². The second-order valence-corrected chi connectivity index (χ2v) is 7.05. The van der Waals surface area contributed by atoms with E-state index >= 15 is 0 Å². The van der Waals surface area contributed by atoms with Crippen molar-refractivity contribution in [3.63, 3.8) is 0 Å². The maximum absolute atomic E-state index is 11.7. The largest absolute Gasteiger partial charge is 0.299 e. The van der Waals surface area contributed by atoms with Crippen LogP contribution < -0.4 is 5.32 Å². The van der Waals surface area contributed by atoms with Crippen LogP contribution in [0.2, 0.25) is 0 Å². The first-order valence-corrected chi connectivity index (χ1v) is 8.41. The van der Waals surface area contributed by atoms with Crippen molar-refractivity contribution in [2.24, 2.45) is 0 Å². The minimum atomic E-state index is -3.13. The Morgan fingerprint density at radius 1 is 1.42 bits per heavy atom. The fourth-order valence-electron chi connectivity index (χ4n) is 1.81. The molecular formula is C9H15N5O3S2. The molecule has 19 heavy (non-hydrogen) atoms. The van der Waals surface area contributed by atoms with E-state index in [2.05, 4.69) is 15.5 Å². The van der Waals surface area contributed by atoms with E-state index in [1.807, 2.05) is 4.90 Å². The van der Waals surface area contributed by atoms with Gasteiger partial charge < -0.3 is 0 Å². The van der Waals surface area contributed by atoms with Crippen LogP contribution in [0.4, 0.5) is 5.13 Å². The summed E-state index contributed by atoms with van der Waals surface area (Å²) in [6, 6.07) is 0. The topological polar surface area (TPSA) is 95.5 Å². The molecule has 0 atom stereocenters. The first kappa shape index (κ1) is 14.3. The number of rotatable bonds is 4. The summed E-state index contributed by atoms with van der Waals surface area (Å²) < 4.78 is 24.1. The van der Waals surface area contributed by atoms with Crippen LogP contribution in [0, 0.1) is 0 Å². The van der Waals surface area contributed by atoms with E-state index in [4.69, 9.17) is 0 Å². The average molecular weight is 305 g/mol. The standard InChI is InChI=1S/C9H15N5O3S2/c1-19(16,17)14-4-2-13(3-5-14)6-8(15)11-9-12-10-7-18-9/h7H,2-6H2,1H3,(H,11,12,15). The van der Waals surface area contributed by atoms with Gasteiger partial charge in [0.1, 0.15) is 5.51 Å². The number of amides is 1. The third-order valence-electron chi connectivity index (χ3n) is 2.77. The molecule has 1 aliphatic heterocycles. The van der Waals surface area contributed by atoms with Gasteiger partial charge in [0.05, 0.1) is 12.8 Å². The molecule has 0 radical (unpaired) electrons. The summed E-state index contributed by atoms with van der Waals surface area (Å²) in [4.78, 5) is 13.6. The van der Waals surface area contributed by atoms with Crippen LogP contribution in [-0.2, 0) is 14.8 Å². The van der Waals surface area contributed by atoms with E-state index in [9.17, 15) is 13.2 Å². The van der Waals surface area contributed by atoms with Gasteiger partial charge in [0, 0.05) is 26.2 Å². The summed E-state index contributed by atoms with van der Waals surface area (Å²) in [7, 11) is -3.13. The lowest BCUT2D eigenvalue weighted by Crippen LogP contribution is -2.50. The summed E-state index contributed by atoms with van der Waals surface area (Å²) in [6.07, 6.45) is 1.20. The Morgan fingerprint density at radius 3 is 2.63 bits per heavy atom. The molecule has 8 nitrogen and oxygen atoms in total. The van der Waals surface area contributed by atoms with Gasteiger partial charge >= 0.3 is 0 Å². The Hall–Kier alpha value is -1.10. The third kappa shape index (κ3) is 4.20. The van der Waals surface area contributed by atoms with Crippen molar-refractivity contribution in [3.8, 4) is 0 Å². The molecule has 1 N–H and O–H groups in total. The first-order chi connectivity index (χ1) is 8.95. The highest BCUT2D eigenvalue weighted by Gasteiger charge is 2.24. The molecular weight excluding hydrogens is 290 g/mol. The predicted octanol–water partition coefficient (Wildman–Crippen LogP) is -0.946. The van der Waals surface area contributed by atoms with Gasteiger partial charge in [-0.1, -0.05) is 11.3 Å². The number of piperazine rings is 1. The van der Waals surface area contributed by atoms with Gasteiger partial charge in [0.2, 0.25) is 21.1 Å². The van der Waals surface area contributed by atoms with Crippen molar-refractivity contribution in [1.29, 1.82) is 0 Å². The van der Waals surface area contributed by atoms with Crippen LogP contribution in [0.15, 0.2) is 5.51 Å². The highest BCUT2D eigenvalue weighted by molar-refractivity contribution is 7.88. The monoisotopic (exact) mass is 305 g/mol. The fraction of sp³-hybridized carbons (Fsp3) is 0.667. The molecule has 0 saturated carbocycles. The maximum atomic E-state index is 11.7. The van der Waals surface area contributed by atoms with Gasteiger partial charge in [-0.2, -0.15) is 4.31 Å². The van der Waals surface area contributed by atoms with E-state index < -0.39 is 10.0 Å². The third-order valence-corrected chi connectivity index (χ3v) is 4.68. The number of hydrogen-bond donors (Lipinski definition) is 1. The molecule has 1 amide bonds. The van der Waals surface area contributed by atoms with E-state index in [0.717, 1.165) is 0 Å². The summed E-state index contributed by atoms with van der Waals surface area (Å²) in [5.74, 6) is -0.162. The van der Waals surface area contributed by atoms with Crippen LogP contribution in [-0.4, -0.2) is 72.7 Å². The van der Waals surface area contributed by atoms with Crippen molar-refractivity contribution in [2.45, 2.75) is 0 Å². The van der Waals surface area contributed by atoms with Crippen LogP contribution in [0.5, 0.6) is 0 Å². The van der Waals surface area contributed by atoms with Gasteiger partial charge in [-0.05, 0) is 0 Å². The Morgan fingerprint density at radius 2 is 2.11 bits per heavy atom. The molecule has 0 unspecified atom stereocenters. The van der Waals surface area contributed by atoms with Crippen molar-refractivity contribution in [3.05, 3.63) is 5.51 Å². The normalized spacial score (nSPS) is 18.4. The number of carbonyl (C=O) groups excluding carboxylic acids is 1. The van der Waals surface area contributed by atoms with Crippen LogP contribution in [0.25, 0.3) is 0 Å². The van der Waals surface area contributed by atoms with Crippen molar-refractivity contribution >= 4 is 32.4 Å².